The molecule has 43 heteroatoms. The van der Waals surface area contributed by atoms with E-state index in [9.17, 15) is 117 Å². The highest BCUT2D eigenvalue weighted by molar-refractivity contribution is 6.05. The number of aliphatic carboxylic acids is 4. The number of carbonyl (C=O) groups excluding carboxylic acids is 16. The molecule has 0 radical (unpaired) electrons. The molecule has 123 heavy (non-hydrogen) atoms. The Hall–Kier alpha value is -12.7. The zero-order valence-corrected chi connectivity index (χ0v) is 69.5. The van der Waals surface area contributed by atoms with Gasteiger partial charge >= 0.3 is 29.8 Å². The van der Waals surface area contributed by atoms with Gasteiger partial charge in [0.2, 0.25) is 82.7 Å². The zero-order chi connectivity index (χ0) is 91.4. The Kier molecular flexibility index (Phi) is 44.9. The third kappa shape index (κ3) is 37.0. The Labute approximate surface area is 708 Å². The molecule has 2 aromatic carbocycles. The van der Waals surface area contributed by atoms with Crippen LogP contribution in [0.3, 0.4) is 0 Å². The number of hydrogen-bond acceptors (Lipinski definition) is 24. The summed E-state index contributed by atoms with van der Waals surface area (Å²) in [6, 6.07) is -9.76. The first kappa shape index (κ1) is 103. The number of H-pyrrole nitrogens is 1. The number of carbonyl (C=O) groups is 20. The van der Waals surface area contributed by atoms with E-state index in [-0.39, 0.29) is 43.5 Å². The van der Waals surface area contributed by atoms with E-state index in [4.69, 9.17) is 16.2 Å². The van der Waals surface area contributed by atoms with Crippen LogP contribution in [-0.2, 0) is 102 Å². The maximum atomic E-state index is 15.2. The molecule has 43 nitrogen and oxygen atoms in total. The maximum Gasteiger partial charge on any atom is 0.329 e. The van der Waals surface area contributed by atoms with Gasteiger partial charge in [-0.3, -0.25) is 91.1 Å². The second-order valence-corrected chi connectivity index (χ2v) is 29.9. The molecule has 1 aliphatic heterocycles. The third-order valence-corrected chi connectivity index (χ3v) is 19.7. The molecule has 0 spiro atoms. The molecule has 1 saturated heterocycles. The van der Waals surface area contributed by atoms with E-state index >= 15 is 4.79 Å². The molecule has 678 valence electrons. The van der Waals surface area contributed by atoms with Crippen LogP contribution in [0.15, 0.2) is 54.7 Å². The predicted molar refractivity (Wildman–Crippen MR) is 438 cm³/mol. The normalized spacial score (nSPS) is 20.6. The van der Waals surface area contributed by atoms with E-state index < -0.39 is 255 Å². The minimum Gasteiger partial charge on any atom is -0.481 e. The molecule has 1 aromatic heterocycles. The summed E-state index contributed by atoms with van der Waals surface area (Å²) in [4.78, 5) is 279. The van der Waals surface area contributed by atoms with Crippen molar-refractivity contribution in [2.75, 3.05) is 38.1 Å². The highest BCUT2D eigenvalue weighted by atomic mass is 16.5. The van der Waals surface area contributed by atoms with Crippen molar-refractivity contribution in [1.82, 2.24) is 74.1 Å². The van der Waals surface area contributed by atoms with Crippen molar-refractivity contribution < 1.29 is 126 Å². The smallest absolute Gasteiger partial charge is 0.329 e. The first-order valence-electron chi connectivity index (χ1n) is 40.8. The second kappa shape index (κ2) is 53.8. The topological polar surface area (TPSA) is 688 Å². The average molecular weight is 1730 g/mol. The van der Waals surface area contributed by atoms with E-state index in [2.05, 4.69) is 77.3 Å². The number of cyclic esters (lactones) is 1. The largest absolute Gasteiger partial charge is 0.481 e. The lowest BCUT2D eigenvalue weighted by atomic mass is 9.95. The SMILES string of the molecule is CCCCCCCCCC(=O)N[C@@H](Cc1c[nH]c2ccccc12)C(=O)N[C@H](CC(N)=O)C(=O)N[C@@H](CC(=O)O)C(=O)N[C@@H]1C(=O)NCC(=O)N[C@@H](CCCN)C(=O)N[C@@H](CC(=O)O)C(=O)N[C@H](C)C(=O)N[C@@H](CC(=O)O)C(=O)NCC(=O)N[C@H](CO)C(=O)N[C@@H]([C@H](C)CC(=O)O)C(=O)N[C@@H](CC(=O)c2ccccc2NCCCCCCCC)C(=O)O[C@@H]1C. The number of hydrogen-bond donors (Lipinski definition) is 22. The number of fused-ring (bicyclic) bond motifs is 1. The Morgan fingerprint density at radius 1 is 0.520 bits per heavy atom. The van der Waals surface area contributed by atoms with Gasteiger partial charge < -0.3 is 121 Å². The highest BCUT2D eigenvalue weighted by Crippen LogP contribution is 2.23. The Balaban J connectivity index is 1.92. The predicted octanol–water partition coefficient (Wildman–Crippen LogP) is -2.43. The van der Waals surface area contributed by atoms with Crippen molar-refractivity contribution in [3.63, 3.8) is 0 Å². The van der Waals surface area contributed by atoms with Gasteiger partial charge in [-0.2, -0.15) is 0 Å². The van der Waals surface area contributed by atoms with Crippen molar-refractivity contribution in [2.24, 2.45) is 17.4 Å². The van der Waals surface area contributed by atoms with Crippen LogP contribution in [-0.4, -0.2) is 254 Å². The third-order valence-electron chi connectivity index (χ3n) is 19.7. The number of aliphatic hydroxyl groups is 1. The number of para-hydroxylation sites is 2. The fraction of sp³-hybridized carbons (Fsp3) is 0.575. The zero-order valence-electron chi connectivity index (χ0n) is 69.5. The van der Waals surface area contributed by atoms with Gasteiger partial charge in [-0.15, -0.1) is 0 Å². The number of aliphatic hydroxyl groups excluding tert-OH is 1. The molecule has 0 unspecified atom stereocenters. The quantitative estimate of drug-likeness (QED) is 0.0159. The standard InChI is InChI=1S/C80H117N17O26/c1-6-8-10-12-14-15-17-29-61(101)89-52(33-46-39-84-49-26-20-18-24-47(46)49)74(116)92-53(35-60(82)100)75(117)94-56(38-67(110)111)76(118)97-69-45(5)123-80(122)57(34-59(99)48-25-19-21-27-50(48)83-31-22-16-13-11-9-7-2)95-79(121)68(43(3)32-64(104)105)96-77(119)58(42-98)90-63(103)40-85-71(113)54(36-65(106)107)91-70(112)44(4)87-73(115)55(37-66(108)109)93-72(114)51(28-23-30-81)88-62(102)41-86-78(69)120/h18-21,24-27,39,43-45,51-58,68-69,83-84,98H,6-17,22-23,28-38,40-42,81H2,1-5H3,(H2,82,100)(H,85,113)(H,86,120)(H,87,115)(H,88,102)(H,89,101)(H,90,103)(H,91,112)(H,92,116)(H,93,114)(H,94,117)(H,95,121)(H,96,119)(H,97,118)(H,104,105)(H,106,107)(H,108,109)(H,110,111)/t43-,44-,45-,51+,52+,53-,54+,55+,56+,57+,58-,68+,69+/m1/s1. The van der Waals surface area contributed by atoms with Gasteiger partial charge in [0.15, 0.2) is 5.78 Å². The van der Waals surface area contributed by atoms with Crippen molar-refractivity contribution in [3.05, 3.63) is 65.9 Å². The Bertz CT molecular complexity index is 4200. The van der Waals surface area contributed by atoms with Crippen LogP contribution in [0.5, 0.6) is 0 Å². The number of primary amides is 1. The monoisotopic (exact) mass is 1730 g/mol. The summed E-state index contributed by atoms with van der Waals surface area (Å²) in [5, 5.41) is 82.7. The minimum absolute atomic E-state index is 0.0161. The maximum absolute atomic E-state index is 15.2. The Morgan fingerprint density at radius 3 is 1.65 bits per heavy atom. The molecule has 4 rings (SSSR count). The van der Waals surface area contributed by atoms with Crippen molar-refractivity contribution >= 4 is 135 Å². The molecule has 14 amide bonds. The van der Waals surface area contributed by atoms with Crippen molar-refractivity contribution in [2.45, 2.75) is 255 Å². The number of aromatic nitrogens is 1. The molecule has 1 fully saturated rings. The van der Waals surface area contributed by atoms with Crippen LogP contribution in [0.25, 0.3) is 10.9 Å². The molecular weight excluding hydrogens is 1610 g/mol. The van der Waals surface area contributed by atoms with Gasteiger partial charge in [0.05, 0.1) is 51.8 Å². The highest BCUT2D eigenvalue weighted by Gasteiger charge is 2.41. The molecule has 2 heterocycles. The van der Waals surface area contributed by atoms with E-state index in [0.29, 0.717) is 42.3 Å². The van der Waals surface area contributed by atoms with Crippen LogP contribution in [0.4, 0.5) is 5.69 Å². The second-order valence-electron chi connectivity index (χ2n) is 29.9. The summed E-state index contributed by atoms with van der Waals surface area (Å²) >= 11 is 0. The van der Waals surface area contributed by atoms with E-state index in [0.717, 1.165) is 85.0 Å². The molecule has 0 saturated carbocycles. The summed E-state index contributed by atoms with van der Waals surface area (Å²) in [6.07, 6.45) is 3.09. The summed E-state index contributed by atoms with van der Waals surface area (Å²) < 4.78 is 5.82. The number of benzene rings is 2. The molecule has 1 aliphatic rings. The summed E-state index contributed by atoms with van der Waals surface area (Å²) in [5.74, 6) is -29.4. The van der Waals surface area contributed by atoms with Gasteiger partial charge in [-0.1, -0.05) is 122 Å². The van der Waals surface area contributed by atoms with Crippen molar-refractivity contribution in [3.8, 4) is 0 Å². The molecule has 24 N–H and O–H groups in total. The number of carboxylic acid groups (broad SMARTS) is 4. The number of ether oxygens (including phenoxy) is 1. The number of aromatic amines is 1. The number of unbranched alkanes of at least 4 members (excludes halogenated alkanes) is 11. The first-order chi connectivity index (χ1) is 58.4. The number of esters is 1. The van der Waals surface area contributed by atoms with Crippen LogP contribution >= 0.6 is 0 Å². The van der Waals surface area contributed by atoms with E-state index in [1.807, 2.05) is 16.0 Å². The number of nitrogens with two attached hydrogens (primary N) is 2. The lowest BCUT2D eigenvalue weighted by Gasteiger charge is -2.30. The molecular formula is C80H117N17O26. The van der Waals surface area contributed by atoms with Gasteiger partial charge in [-0.25, -0.2) is 4.79 Å². The molecule has 13 atom stereocenters. The van der Waals surface area contributed by atoms with Crippen molar-refractivity contribution in [1.29, 1.82) is 0 Å². The van der Waals surface area contributed by atoms with Gasteiger partial charge in [-0.05, 0) is 75.8 Å². The number of nitrogens with one attached hydrogen (secondary N) is 15. The summed E-state index contributed by atoms with van der Waals surface area (Å²) in [6.45, 7) is 3.60. The van der Waals surface area contributed by atoms with E-state index in [1.165, 1.54) is 18.2 Å². The number of anilines is 1. The average Bonchev–Trinajstić information content (AvgIpc) is 1.79. The lowest BCUT2D eigenvalue weighted by Crippen LogP contribution is -2.62. The number of amides is 14. The van der Waals surface area contributed by atoms with E-state index in [1.54, 1.807) is 36.5 Å². The fourth-order valence-electron chi connectivity index (χ4n) is 13.0. The minimum atomic E-state index is -2.44. The number of carboxylic acids is 4. The van der Waals surface area contributed by atoms with Crippen LogP contribution in [0, 0.1) is 5.92 Å². The van der Waals surface area contributed by atoms with Gasteiger partial charge in [0.25, 0.3) is 0 Å². The summed E-state index contributed by atoms with van der Waals surface area (Å²) in [5.41, 5.74) is 12.7. The lowest BCUT2D eigenvalue weighted by molar-refractivity contribution is -0.156. The molecule has 3 aromatic rings. The fourth-order valence-corrected chi connectivity index (χ4v) is 13.0. The Morgan fingerprint density at radius 2 is 1.05 bits per heavy atom. The first-order valence-corrected chi connectivity index (χ1v) is 40.8. The van der Waals surface area contributed by atoms with Crippen LogP contribution in [0.1, 0.15) is 192 Å². The molecule has 0 bridgehead atoms. The molecule has 0 aliphatic carbocycles. The number of ketones is 1. The number of Topliss-reactive ketones (excluding diaryl/α,β-unsaturated/α-hetero) is 1. The van der Waals surface area contributed by atoms with Crippen LogP contribution < -0.4 is 85.9 Å². The van der Waals surface area contributed by atoms with Gasteiger partial charge in [0.1, 0.15) is 72.6 Å². The van der Waals surface area contributed by atoms with Gasteiger partial charge in [0, 0.05) is 54.2 Å². The number of rotatable bonds is 43. The van der Waals surface area contributed by atoms with Crippen LogP contribution in [0.2, 0.25) is 0 Å². The summed E-state index contributed by atoms with van der Waals surface area (Å²) in [7, 11) is 0.